The molecule has 1 N–H and O–H groups in total. The normalized spacial score (nSPS) is 43.1. The molecule has 11 heteroatoms. The first-order valence-corrected chi connectivity index (χ1v) is 18.9. The Labute approximate surface area is 304 Å². The molecule has 11 nitrogen and oxygen atoms in total. The van der Waals surface area contributed by atoms with Crippen LogP contribution in [0.25, 0.3) is 0 Å². The van der Waals surface area contributed by atoms with Gasteiger partial charge in [-0.05, 0) is 85.1 Å². The van der Waals surface area contributed by atoms with Crippen LogP contribution in [-0.4, -0.2) is 104 Å². The minimum atomic E-state index is -1.08. The van der Waals surface area contributed by atoms with Crippen LogP contribution in [-0.2, 0) is 47.4 Å². The molecule has 0 amide bonds. The van der Waals surface area contributed by atoms with Crippen molar-refractivity contribution < 1.29 is 52.5 Å². The topological polar surface area (TPSA) is 120 Å². The fourth-order valence-corrected chi connectivity index (χ4v) is 9.44. The zero-order chi connectivity index (χ0) is 37.3. The Hall–Kier alpha value is -1.67. The molecule has 51 heavy (non-hydrogen) atoms. The molecule has 1 saturated carbocycles. The predicted molar refractivity (Wildman–Crippen MR) is 188 cm³/mol. The monoisotopic (exact) mass is 718 g/mol. The molecular formula is C40H62O11. The lowest BCUT2D eigenvalue weighted by atomic mass is 9.67. The molecule has 0 aromatic heterocycles. The first-order valence-electron chi connectivity index (χ1n) is 18.9. The molecular weight excluding hydrogens is 656 g/mol. The van der Waals surface area contributed by atoms with Crippen LogP contribution in [0.2, 0.25) is 0 Å². The summed E-state index contributed by atoms with van der Waals surface area (Å²) in [7, 11) is 1.75. The molecule has 13 atom stereocenters. The standard InChI is InChI=1S/C40H62O11/c1-13-37(5,6)45-20-28-32-34(50-39(9,10)49-32)35-36(46-28)47-33-30-26(21(2)18-44-23(4)41)16-29(42)40(30,11)17-27-24(19-43-12)14-15-25(27)22(3)31(33)48-38(7,8)51-35/h13,17,21-22,24-25,28-29,31-36,42H,1,14-16,18-20H2,2-12H3/b27-17-/t21-,22-,24-,25+,28-,29+,31-,32-,33-,34+,35-,36-,40+/m1/s1. The summed E-state index contributed by atoms with van der Waals surface area (Å²) in [6, 6.07) is 0. The molecule has 3 heterocycles. The van der Waals surface area contributed by atoms with Gasteiger partial charge in [0, 0.05) is 31.3 Å². The Morgan fingerprint density at radius 3 is 2.31 bits per heavy atom. The highest BCUT2D eigenvalue weighted by Gasteiger charge is 2.62. The van der Waals surface area contributed by atoms with Crippen molar-refractivity contribution in [1.29, 1.82) is 0 Å². The summed E-state index contributed by atoms with van der Waals surface area (Å²) in [5, 5.41) is 12.1. The second kappa shape index (κ2) is 14.2. The van der Waals surface area contributed by atoms with E-state index in [0.717, 1.165) is 24.0 Å². The van der Waals surface area contributed by atoms with E-state index in [2.05, 4.69) is 26.5 Å². The highest BCUT2D eigenvalue weighted by Crippen LogP contribution is 2.57. The number of hydrogen-bond acceptors (Lipinski definition) is 11. The van der Waals surface area contributed by atoms with Gasteiger partial charge in [-0.25, -0.2) is 0 Å². The van der Waals surface area contributed by atoms with Gasteiger partial charge < -0.3 is 47.7 Å². The van der Waals surface area contributed by atoms with E-state index in [9.17, 15) is 9.90 Å². The molecule has 0 spiro atoms. The quantitative estimate of drug-likeness (QED) is 0.236. The highest BCUT2D eigenvalue weighted by atomic mass is 16.8. The van der Waals surface area contributed by atoms with Gasteiger partial charge in [0.1, 0.15) is 30.5 Å². The molecule has 3 saturated heterocycles. The number of methoxy groups -OCH3 is 1. The summed E-state index contributed by atoms with van der Waals surface area (Å²) in [6.45, 7) is 24.3. The Kier molecular flexibility index (Phi) is 10.9. The van der Waals surface area contributed by atoms with Crippen molar-refractivity contribution in [2.75, 3.05) is 26.9 Å². The van der Waals surface area contributed by atoms with Crippen LogP contribution in [0.3, 0.4) is 0 Å². The van der Waals surface area contributed by atoms with Crippen LogP contribution in [0, 0.1) is 29.1 Å². The summed E-state index contributed by atoms with van der Waals surface area (Å²) in [4.78, 5) is 12.0. The number of hydrogen-bond donors (Lipinski definition) is 1. The Bertz CT molecular complexity index is 1380. The van der Waals surface area contributed by atoms with Crippen molar-refractivity contribution in [3.63, 3.8) is 0 Å². The van der Waals surface area contributed by atoms with Crippen molar-refractivity contribution in [3.05, 3.63) is 35.5 Å². The molecule has 3 aliphatic carbocycles. The SMILES string of the molecule is C=CC(C)(C)OC[C@H]1O[C@@H]2O[C@@H]3C4=C([C@H](C)COC(C)=O)C[C@H](O)[C@]4(C)/C=C4/[C@@H](COC)CC[C@H]4[C@@H](C)[C@H]3OC(C)(C)O[C@@H]2[C@H]2OC(C)(C)O[C@@H]21. The van der Waals surface area contributed by atoms with Crippen molar-refractivity contribution in [2.24, 2.45) is 29.1 Å². The van der Waals surface area contributed by atoms with Crippen molar-refractivity contribution >= 4 is 5.97 Å². The van der Waals surface area contributed by atoms with Crippen molar-refractivity contribution in [1.82, 2.24) is 0 Å². The summed E-state index contributed by atoms with van der Waals surface area (Å²) < 4.78 is 58.8. The summed E-state index contributed by atoms with van der Waals surface area (Å²) in [5.74, 6) is -2.06. The van der Waals surface area contributed by atoms with Gasteiger partial charge in [-0.3, -0.25) is 4.79 Å². The summed E-state index contributed by atoms with van der Waals surface area (Å²) >= 11 is 0. The van der Waals surface area contributed by atoms with Crippen molar-refractivity contribution in [2.45, 2.75) is 155 Å². The number of aliphatic hydroxyl groups excluding tert-OH is 1. The second-order valence-electron chi connectivity index (χ2n) is 17.3. The molecule has 0 radical (unpaired) electrons. The number of esters is 1. The zero-order valence-electron chi connectivity index (χ0n) is 32.6. The van der Waals surface area contributed by atoms with E-state index in [1.165, 1.54) is 12.5 Å². The second-order valence-corrected chi connectivity index (χ2v) is 17.3. The van der Waals surface area contributed by atoms with E-state index in [0.29, 0.717) is 13.0 Å². The first-order chi connectivity index (χ1) is 23.8. The number of fused-ring (bicyclic) bond motifs is 7. The largest absolute Gasteiger partial charge is 0.465 e. The van der Waals surface area contributed by atoms with Gasteiger partial charge in [-0.2, -0.15) is 0 Å². The van der Waals surface area contributed by atoms with Gasteiger partial charge in [0.15, 0.2) is 17.9 Å². The molecule has 288 valence electrons. The van der Waals surface area contributed by atoms with Gasteiger partial charge in [0.05, 0.1) is 37.6 Å². The predicted octanol–water partition coefficient (Wildman–Crippen LogP) is 5.63. The van der Waals surface area contributed by atoms with Gasteiger partial charge >= 0.3 is 5.97 Å². The lowest BCUT2D eigenvalue weighted by Crippen LogP contribution is -2.65. The van der Waals surface area contributed by atoms with Gasteiger partial charge in [0.2, 0.25) is 0 Å². The lowest BCUT2D eigenvalue weighted by molar-refractivity contribution is -0.388. The molecule has 3 aliphatic heterocycles. The van der Waals surface area contributed by atoms with E-state index in [1.54, 1.807) is 13.2 Å². The van der Waals surface area contributed by atoms with Gasteiger partial charge in [-0.1, -0.05) is 37.1 Å². The minimum Gasteiger partial charge on any atom is -0.465 e. The molecule has 0 bridgehead atoms. The molecule has 6 aliphatic rings. The van der Waals surface area contributed by atoms with E-state index in [4.69, 9.17) is 42.6 Å². The number of carbonyl (C=O) groups excluding carboxylic acids is 1. The zero-order valence-corrected chi connectivity index (χ0v) is 32.6. The third-order valence-corrected chi connectivity index (χ3v) is 12.1. The molecule has 4 fully saturated rings. The average Bonchev–Trinajstić information content (AvgIpc) is 3.67. The smallest absolute Gasteiger partial charge is 0.302 e. The van der Waals surface area contributed by atoms with E-state index < -0.39 is 71.6 Å². The maximum atomic E-state index is 12.1. The third-order valence-electron chi connectivity index (χ3n) is 12.1. The number of rotatable bonds is 9. The Morgan fingerprint density at radius 2 is 1.67 bits per heavy atom. The molecule has 0 unspecified atom stereocenters. The Morgan fingerprint density at radius 1 is 1.02 bits per heavy atom. The number of carbonyl (C=O) groups is 1. The minimum absolute atomic E-state index is 0.0104. The van der Waals surface area contributed by atoms with Crippen LogP contribution in [0.15, 0.2) is 35.5 Å². The maximum absolute atomic E-state index is 12.1. The molecule has 0 aromatic rings. The van der Waals surface area contributed by atoms with Crippen molar-refractivity contribution in [3.8, 4) is 0 Å². The van der Waals surface area contributed by atoms with Crippen LogP contribution in [0.4, 0.5) is 0 Å². The van der Waals surface area contributed by atoms with E-state index in [1.807, 2.05) is 48.5 Å². The van der Waals surface area contributed by atoms with Crippen LogP contribution >= 0.6 is 0 Å². The third kappa shape index (κ3) is 7.54. The number of aliphatic hydroxyl groups is 1. The van der Waals surface area contributed by atoms with Gasteiger partial charge in [0.25, 0.3) is 0 Å². The fraction of sp³-hybridized carbons (Fsp3) is 0.825. The van der Waals surface area contributed by atoms with E-state index in [-0.39, 0.29) is 42.9 Å². The Balaban J connectivity index is 1.49. The van der Waals surface area contributed by atoms with E-state index >= 15 is 0 Å². The molecule has 6 rings (SSSR count). The average molecular weight is 719 g/mol. The molecule has 0 aromatic carbocycles. The number of ether oxygens (including phenoxy) is 9. The summed E-state index contributed by atoms with van der Waals surface area (Å²) in [5.41, 5.74) is 1.87. The lowest BCUT2D eigenvalue weighted by Gasteiger charge is -2.52. The highest BCUT2D eigenvalue weighted by molar-refractivity contribution is 5.66. The fourth-order valence-electron chi connectivity index (χ4n) is 9.44. The van der Waals surface area contributed by atoms with Crippen LogP contribution < -0.4 is 0 Å². The first kappa shape index (κ1) is 39.0. The maximum Gasteiger partial charge on any atom is 0.302 e. The van der Waals surface area contributed by atoms with Crippen LogP contribution in [0.5, 0.6) is 0 Å². The van der Waals surface area contributed by atoms with Gasteiger partial charge in [-0.15, -0.1) is 6.58 Å². The van der Waals surface area contributed by atoms with Crippen LogP contribution in [0.1, 0.15) is 88.5 Å². The summed E-state index contributed by atoms with van der Waals surface area (Å²) in [6.07, 6.45) is 1.44.